The monoisotopic (exact) mass is 199 g/mol. The Kier molecular flexibility index (Phi) is 2.00. The molecule has 0 saturated heterocycles. The van der Waals surface area contributed by atoms with Gasteiger partial charge in [0.05, 0.1) is 12.1 Å². The van der Waals surface area contributed by atoms with Gasteiger partial charge in [0, 0.05) is 28.3 Å². The summed E-state index contributed by atoms with van der Waals surface area (Å²) in [5.41, 5.74) is 1.95. The molecular weight excluding hydrogens is 192 g/mol. The molecule has 0 aromatic heterocycles. The first kappa shape index (κ1) is 8.56. The van der Waals surface area contributed by atoms with Crippen molar-refractivity contribution in [1.29, 1.82) is 0 Å². The third-order valence-electron chi connectivity index (χ3n) is 1.96. The molecule has 1 nitrogen and oxygen atoms in total. The van der Waals surface area contributed by atoms with Crippen LogP contribution in [0, 0.1) is 5.82 Å². The third kappa shape index (κ3) is 1.42. The van der Waals surface area contributed by atoms with Crippen LogP contribution in [0.5, 0.6) is 0 Å². The predicted molar refractivity (Wildman–Crippen MR) is 49.8 cm³/mol. The maximum Gasteiger partial charge on any atom is 0.130 e. The summed E-state index contributed by atoms with van der Waals surface area (Å²) in [4.78, 5) is 0.276. The molecule has 1 heterocycles. The number of anilines is 1. The van der Waals surface area contributed by atoms with Crippen molar-refractivity contribution in [3.63, 3.8) is 0 Å². The second-order valence-corrected chi connectivity index (χ2v) is 3.54. The van der Waals surface area contributed by atoms with E-state index in [0.717, 1.165) is 5.70 Å². The van der Waals surface area contributed by atoms with Crippen LogP contribution in [0.3, 0.4) is 0 Å². The van der Waals surface area contributed by atoms with Crippen molar-refractivity contribution in [2.24, 2.45) is 0 Å². The lowest BCUT2D eigenvalue weighted by Gasteiger charge is -2.01. The van der Waals surface area contributed by atoms with Gasteiger partial charge in [-0.25, -0.2) is 4.39 Å². The molecule has 1 aliphatic rings. The van der Waals surface area contributed by atoms with Crippen LogP contribution in [0.15, 0.2) is 29.3 Å². The molecule has 1 aliphatic heterocycles. The van der Waals surface area contributed by atoms with E-state index < -0.39 is 0 Å². The van der Waals surface area contributed by atoms with E-state index in [0.29, 0.717) is 17.7 Å². The van der Waals surface area contributed by atoms with Gasteiger partial charge in [0.25, 0.3) is 0 Å². The largest absolute Gasteiger partial charge is 0.359 e. The fraction of sp³-hybridized carbons (Fsp3) is 0.111. The van der Waals surface area contributed by atoms with Gasteiger partial charge in [-0.1, -0.05) is 6.58 Å². The predicted octanol–water partition coefficient (Wildman–Crippen LogP) is 3.28. The average molecular weight is 199 g/mol. The minimum absolute atomic E-state index is 0.0405. The number of allylic oxidation sites excluding steroid dienone is 1. The smallest absolute Gasteiger partial charge is 0.130 e. The van der Waals surface area contributed by atoms with Gasteiger partial charge in [0.1, 0.15) is 5.82 Å². The topological polar surface area (TPSA) is 12.0 Å². The van der Waals surface area contributed by atoms with Crippen LogP contribution < -0.4 is 5.32 Å². The minimum Gasteiger partial charge on any atom is -0.359 e. The van der Waals surface area contributed by atoms with Crippen LogP contribution in [0.4, 0.5) is 14.0 Å². The number of rotatable bonds is 1. The van der Waals surface area contributed by atoms with E-state index in [1.165, 1.54) is 6.07 Å². The standard InChI is InChI=1S/C9H7F2NS/c1-5-2-7-8(10)3-6(13-11)4-9(7)12-5/h3-4,12H,1-2H2. The van der Waals surface area contributed by atoms with E-state index in [9.17, 15) is 8.28 Å². The zero-order chi connectivity index (χ0) is 9.42. The van der Waals surface area contributed by atoms with Crippen LogP contribution in [0.25, 0.3) is 0 Å². The fourth-order valence-electron chi connectivity index (χ4n) is 1.40. The summed E-state index contributed by atoms with van der Waals surface area (Å²) in [6, 6.07) is 2.78. The second-order valence-electron chi connectivity index (χ2n) is 2.91. The van der Waals surface area contributed by atoms with Crippen molar-refractivity contribution < 1.29 is 8.28 Å². The summed E-state index contributed by atoms with van der Waals surface area (Å²) in [6.45, 7) is 3.69. The summed E-state index contributed by atoms with van der Waals surface area (Å²) in [6.07, 6.45) is 0.485. The highest BCUT2D eigenvalue weighted by Crippen LogP contribution is 2.34. The van der Waals surface area contributed by atoms with Crippen molar-refractivity contribution >= 4 is 17.8 Å². The molecule has 1 aromatic carbocycles. The number of nitrogens with one attached hydrogen (secondary N) is 1. The van der Waals surface area contributed by atoms with Gasteiger partial charge >= 0.3 is 0 Å². The first-order valence-corrected chi connectivity index (χ1v) is 4.48. The molecule has 0 amide bonds. The highest BCUT2D eigenvalue weighted by Gasteiger charge is 2.18. The van der Waals surface area contributed by atoms with Crippen LogP contribution in [0.2, 0.25) is 0 Å². The SMILES string of the molecule is C=C1Cc2c(F)cc(SF)cc2N1. The molecule has 0 atom stereocenters. The van der Waals surface area contributed by atoms with E-state index in [1.54, 1.807) is 6.07 Å². The first-order valence-electron chi connectivity index (χ1n) is 3.76. The van der Waals surface area contributed by atoms with Gasteiger partial charge in [-0.3, -0.25) is 0 Å². The second kappa shape index (κ2) is 3.03. The molecule has 68 valence electrons. The molecular formula is C9H7F2NS. The molecule has 0 saturated carbocycles. The summed E-state index contributed by atoms with van der Waals surface area (Å²) in [5, 5.41) is 2.90. The number of hydrogen-bond donors (Lipinski definition) is 1. The van der Waals surface area contributed by atoms with E-state index >= 15 is 0 Å². The molecule has 13 heavy (non-hydrogen) atoms. The van der Waals surface area contributed by atoms with Gasteiger partial charge in [0.15, 0.2) is 0 Å². The molecule has 0 spiro atoms. The number of benzene rings is 1. The van der Waals surface area contributed by atoms with Crippen molar-refractivity contribution in [3.05, 3.63) is 35.8 Å². The Bertz CT molecular complexity index is 376. The van der Waals surface area contributed by atoms with Gasteiger partial charge in [-0.05, 0) is 12.1 Å². The molecule has 0 fully saturated rings. The summed E-state index contributed by atoms with van der Waals surface area (Å²) in [7, 11) is 0. The average Bonchev–Trinajstić information content (AvgIpc) is 2.46. The van der Waals surface area contributed by atoms with Crippen molar-refractivity contribution in [2.75, 3.05) is 5.32 Å². The molecule has 0 bridgehead atoms. The van der Waals surface area contributed by atoms with E-state index in [-0.39, 0.29) is 22.9 Å². The Morgan fingerprint density at radius 2 is 2.23 bits per heavy atom. The number of fused-ring (bicyclic) bond motifs is 1. The highest BCUT2D eigenvalue weighted by molar-refractivity contribution is 7.94. The maximum absolute atomic E-state index is 13.3. The van der Waals surface area contributed by atoms with Crippen LogP contribution in [0.1, 0.15) is 5.56 Å². The zero-order valence-corrected chi connectivity index (χ0v) is 7.55. The molecule has 1 N–H and O–H groups in total. The molecule has 0 radical (unpaired) electrons. The van der Waals surface area contributed by atoms with E-state index in [2.05, 4.69) is 11.9 Å². The molecule has 2 rings (SSSR count). The lowest BCUT2D eigenvalue weighted by molar-refractivity contribution is 0.613. The fourth-order valence-corrected chi connectivity index (χ4v) is 1.71. The van der Waals surface area contributed by atoms with Gasteiger partial charge in [-0.15, -0.1) is 0 Å². The Hall–Kier alpha value is -1.03. The molecule has 0 unspecified atom stereocenters. The Morgan fingerprint density at radius 3 is 2.92 bits per heavy atom. The van der Waals surface area contributed by atoms with Crippen molar-refractivity contribution in [1.82, 2.24) is 0 Å². The molecule has 4 heteroatoms. The maximum atomic E-state index is 13.3. The Labute approximate surface area is 79.1 Å². The summed E-state index contributed by atoms with van der Waals surface area (Å²) in [5.74, 6) is -0.371. The van der Waals surface area contributed by atoms with Gasteiger partial charge < -0.3 is 5.32 Å². The lowest BCUT2D eigenvalue weighted by atomic mass is 10.1. The van der Waals surface area contributed by atoms with Crippen LogP contribution in [-0.2, 0) is 6.42 Å². The summed E-state index contributed by atoms with van der Waals surface area (Å²) < 4.78 is 25.4. The van der Waals surface area contributed by atoms with Crippen LogP contribution in [-0.4, -0.2) is 0 Å². The van der Waals surface area contributed by atoms with Crippen molar-refractivity contribution in [2.45, 2.75) is 11.3 Å². The first-order chi connectivity index (χ1) is 6.20. The number of hydrogen-bond acceptors (Lipinski definition) is 2. The zero-order valence-electron chi connectivity index (χ0n) is 6.73. The van der Waals surface area contributed by atoms with Gasteiger partial charge in [0.2, 0.25) is 0 Å². The Balaban J connectivity index is 2.52. The molecule has 0 aliphatic carbocycles. The third-order valence-corrected chi connectivity index (χ3v) is 2.37. The summed E-state index contributed by atoms with van der Waals surface area (Å²) >= 11 is 0.0405. The normalized spacial score (nSPS) is 14.2. The molecule has 1 aromatic rings. The van der Waals surface area contributed by atoms with E-state index in [4.69, 9.17) is 0 Å². The lowest BCUT2D eigenvalue weighted by Crippen LogP contribution is -1.87. The van der Waals surface area contributed by atoms with E-state index in [1.807, 2.05) is 0 Å². The van der Waals surface area contributed by atoms with Crippen LogP contribution >= 0.6 is 12.1 Å². The highest BCUT2D eigenvalue weighted by atomic mass is 32.2. The Morgan fingerprint density at radius 1 is 1.46 bits per heavy atom. The quantitative estimate of drug-likeness (QED) is 0.744. The van der Waals surface area contributed by atoms with Crippen molar-refractivity contribution in [3.8, 4) is 0 Å². The minimum atomic E-state index is -0.371. The van der Waals surface area contributed by atoms with Gasteiger partial charge in [-0.2, -0.15) is 3.89 Å². The number of halogens is 2.